The van der Waals surface area contributed by atoms with Crippen LogP contribution in [0.1, 0.15) is 49.7 Å². The van der Waals surface area contributed by atoms with Crippen molar-refractivity contribution in [3.05, 3.63) is 62.2 Å². The smallest absolute Gasteiger partial charge is 0.278 e. The minimum atomic E-state index is -1.55. The SMILES string of the molecule is CC(C)n1c(=O)c2cnc(Nc3ccc4c(c3)CNCC4)nc2n1-c1ccsc1C(C)(C)F. The van der Waals surface area contributed by atoms with Crippen molar-refractivity contribution < 1.29 is 4.39 Å². The summed E-state index contributed by atoms with van der Waals surface area (Å²) in [6.07, 6.45) is 2.57. The van der Waals surface area contributed by atoms with Gasteiger partial charge in [-0.15, -0.1) is 11.3 Å². The summed E-state index contributed by atoms with van der Waals surface area (Å²) in [4.78, 5) is 22.9. The summed E-state index contributed by atoms with van der Waals surface area (Å²) in [6, 6.07) is 7.94. The molecular weight excluding hydrogens is 439 g/mol. The number of hydrogen-bond acceptors (Lipinski definition) is 6. The highest BCUT2D eigenvalue weighted by Gasteiger charge is 2.28. The van der Waals surface area contributed by atoms with Gasteiger partial charge in [0.05, 0.1) is 10.6 Å². The van der Waals surface area contributed by atoms with Gasteiger partial charge in [0.15, 0.2) is 5.65 Å². The molecule has 33 heavy (non-hydrogen) atoms. The molecule has 0 atom stereocenters. The minimum Gasteiger partial charge on any atom is -0.324 e. The van der Waals surface area contributed by atoms with E-state index < -0.39 is 5.67 Å². The lowest BCUT2D eigenvalue weighted by molar-refractivity contribution is 0.226. The van der Waals surface area contributed by atoms with Crippen LogP contribution in [-0.4, -0.2) is 25.9 Å². The summed E-state index contributed by atoms with van der Waals surface area (Å²) in [5, 5.41) is 8.90. The number of hydrogen-bond donors (Lipinski definition) is 2. The molecule has 9 heteroatoms. The highest BCUT2D eigenvalue weighted by Crippen LogP contribution is 2.36. The lowest BCUT2D eigenvalue weighted by Crippen LogP contribution is -2.25. The molecule has 0 aliphatic carbocycles. The maximum absolute atomic E-state index is 15.0. The van der Waals surface area contributed by atoms with Crippen molar-refractivity contribution in [1.82, 2.24) is 24.6 Å². The lowest BCUT2D eigenvalue weighted by atomic mass is 10.0. The Balaban J connectivity index is 1.64. The Hall–Kier alpha value is -3.04. The van der Waals surface area contributed by atoms with Crippen molar-refractivity contribution in [2.45, 2.75) is 52.4 Å². The standard InChI is InChI=1S/C24H27FN6OS/c1-14(2)30-22(32)18-13-27-23(28-17-6-5-15-7-9-26-12-16(15)11-17)29-21(18)31(30)19-8-10-33-20(19)24(3,4)25/h5-6,8,10-11,13-14,26H,7,9,12H2,1-4H3,(H,27,28,29). The van der Waals surface area contributed by atoms with Gasteiger partial charge in [0.1, 0.15) is 11.1 Å². The van der Waals surface area contributed by atoms with Crippen LogP contribution in [0.4, 0.5) is 16.0 Å². The summed E-state index contributed by atoms with van der Waals surface area (Å²) in [6.45, 7) is 8.73. The molecule has 4 aromatic rings. The number of alkyl halides is 1. The Kier molecular flexibility index (Phi) is 5.33. The monoisotopic (exact) mass is 466 g/mol. The van der Waals surface area contributed by atoms with E-state index in [0.717, 1.165) is 25.2 Å². The zero-order valence-electron chi connectivity index (χ0n) is 19.1. The maximum atomic E-state index is 15.0. The Bertz CT molecular complexity index is 1390. The van der Waals surface area contributed by atoms with Gasteiger partial charge in [-0.3, -0.25) is 4.79 Å². The summed E-state index contributed by atoms with van der Waals surface area (Å²) in [5.74, 6) is 0.386. The van der Waals surface area contributed by atoms with E-state index in [1.54, 1.807) is 15.6 Å². The first kappa shape index (κ1) is 21.8. The third kappa shape index (κ3) is 3.85. The van der Waals surface area contributed by atoms with E-state index in [4.69, 9.17) is 4.98 Å². The van der Waals surface area contributed by atoms with Gasteiger partial charge in [-0.05, 0) is 75.4 Å². The summed E-state index contributed by atoms with van der Waals surface area (Å²) < 4.78 is 18.4. The van der Waals surface area contributed by atoms with Crippen LogP contribution >= 0.6 is 11.3 Å². The molecule has 2 N–H and O–H groups in total. The van der Waals surface area contributed by atoms with Crippen molar-refractivity contribution in [2.24, 2.45) is 0 Å². The quantitative estimate of drug-likeness (QED) is 0.441. The van der Waals surface area contributed by atoms with Crippen LogP contribution < -0.4 is 16.2 Å². The summed E-state index contributed by atoms with van der Waals surface area (Å²) in [7, 11) is 0. The van der Waals surface area contributed by atoms with Gasteiger partial charge >= 0.3 is 0 Å². The normalized spacial score (nSPS) is 14.1. The van der Waals surface area contributed by atoms with Crippen LogP contribution in [-0.2, 0) is 18.6 Å². The number of nitrogens with zero attached hydrogens (tertiary/aromatic N) is 4. The van der Waals surface area contributed by atoms with Gasteiger partial charge < -0.3 is 10.6 Å². The molecule has 172 valence electrons. The summed E-state index contributed by atoms with van der Waals surface area (Å²) in [5.41, 5.74) is 2.81. The first-order chi connectivity index (χ1) is 15.7. The topological polar surface area (TPSA) is 76.8 Å². The predicted molar refractivity (Wildman–Crippen MR) is 131 cm³/mol. The van der Waals surface area contributed by atoms with Crippen LogP contribution in [0.2, 0.25) is 0 Å². The summed E-state index contributed by atoms with van der Waals surface area (Å²) >= 11 is 1.33. The Labute approximate surface area is 195 Å². The molecule has 7 nitrogen and oxygen atoms in total. The number of thiophene rings is 1. The van der Waals surface area contributed by atoms with E-state index in [9.17, 15) is 4.79 Å². The first-order valence-corrected chi connectivity index (χ1v) is 12.0. The fourth-order valence-corrected chi connectivity index (χ4v) is 5.25. The third-order valence-corrected chi connectivity index (χ3v) is 7.08. The molecule has 5 rings (SSSR count). The average molecular weight is 467 g/mol. The molecule has 0 radical (unpaired) electrons. The van der Waals surface area contributed by atoms with Crippen LogP contribution in [0.15, 0.2) is 40.6 Å². The zero-order valence-corrected chi connectivity index (χ0v) is 20.0. The van der Waals surface area contributed by atoms with Gasteiger partial charge in [-0.25, -0.2) is 18.7 Å². The number of fused-ring (bicyclic) bond motifs is 2. The van der Waals surface area contributed by atoms with Crippen LogP contribution in [0.3, 0.4) is 0 Å². The molecule has 0 amide bonds. The van der Waals surface area contributed by atoms with E-state index in [0.29, 0.717) is 27.5 Å². The molecule has 0 fully saturated rings. The zero-order chi connectivity index (χ0) is 23.3. The Morgan fingerprint density at radius 3 is 2.82 bits per heavy atom. The molecule has 0 saturated heterocycles. The van der Waals surface area contributed by atoms with Crippen molar-refractivity contribution in [1.29, 1.82) is 0 Å². The Morgan fingerprint density at radius 2 is 2.06 bits per heavy atom. The molecule has 0 saturated carbocycles. The van der Waals surface area contributed by atoms with E-state index in [1.807, 2.05) is 31.4 Å². The second-order valence-corrected chi connectivity index (χ2v) is 10.0. The van der Waals surface area contributed by atoms with Crippen molar-refractivity contribution in [3.63, 3.8) is 0 Å². The van der Waals surface area contributed by atoms with Crippen LogP contribution in [0.25, 0.3) is 16.7 Å². The fraction of sp³-hybridized carbons (Fsp3) is 0.375. The molecule has 3 aromatic heterocycles. The average Bonchev–Trinajstić information content (AvgIpc) is 3.36. The number of rotatable bonds is 5. The van der Waals surface area contributed by atoms with E-state index in [2.05, 4.69) is 27.8 Å². The van der Waals surface area contributed by atoms with E-state index >= 15 is 4.39 Å². The van der Waals surface area contributed by atoms with Crippen LogP contribution in [0, 0.1) is 0 Å². The number of anilines is 2. The molecule has 1 aliphatic rings. The largest absolute Gasteiger partial charge is 0.324 e. The van der Waals surface area contributed by atoms with Gasteiger partial charge in [0, 0.05) is 24.5 Å². The molecule has 0 bridgehead atoms. The van der Waals surface area contributed by atoms with Crippen LogP contribution in [0.5, 0.6) is 0 Å². The molecule has 1 aliphatic heterocycles. The van der Waals surface area contributed by atoms with Crippen molar-refractivity contribution in [3.8, 4) is 5.69 Å². The van der Waals surface area contributed by atoms with E-state index in [-0.39, 0.29) is 11.6 Å². The maximum Gasteiger partial charge on any atom is 0.278 e. The van der Waals surface area contributed by atoms with E-state index in [1.165, 1.54) is 36.3 Å². The van der Waals surface area contributed by atoms with Crippen molar-refractivity contribution >= 4 is 34.0 Å². The molecule has 1 aromatic carbocycles. The predicted octanol–water partition coefficient (Wildman–Crippen LogP) is 4.82. The number of nitrogens with one attached hydrogen (secondary N) is 2. The second kappa shape index (κ2) is 8.07. The van der Waals surface area contributed by atoms with Crippen molar-refractivity contribution in [2.75, 3.05) is 11.9 Å². The first-order valence-electron chi connectivity index (χ1n) is 11.1. The number of aromatic nitrogens is 4. The lowest BCUT2D eigenvalue weighted by Gasteiger charge is -2.20. The van der Waals surface area contributed by atoms with Gasteiger partial charge in [0.25, 0.3) is 5.56 Å². The number of benzene rings is 1. The fourth-order valence-electron chi connectivity index (χ4n) is 4.36. The Morgan fingerprint density at radius 1 is 1.24 bits per heavy atom. The van der Waals surface area contributed by atoms with Gasteiger partial charge in [0.2, 0.25) is 5.95 Å². The highest BCUT2D eigenvalue weighted by atomic mass is 32.1. The third-order valence-electron chi connectivity index (χ3n) is 5.87. The molecular formula is C24H27FN6OS. The van der Waals surface area contributed by atoms with Gasteiger partial charge in [-0.1, -0.05) is 6.07 Å². The minimum absolute atomic E-state index is 0.147. The number of halogens is 1. The highest BCUT2D eigenvalue weighted by molar-refractivity contribution is 7.10. The molecule has 4 heterocycles. The molecule has 0 unspecified atom stereocenters. The molecule has 0 spiro atoms. The second-order valence-electron chi connectivity index (χ2n) is 9.13. The van der Waals surface area contributed by atoms with Gasteiger partial charge in [-0.2, -0.15) is 4.98 Å².